The van der Waals surface area contributed by atoms with Crippen molar-refractivity contribution in [3.05, 3.63) is 35.4 Å². The van der Waals surface area contributed by atoms with Crippen LogP contribution in [0, 0.1) is 10.8 Å². The molecule has 1 aromatic rings. The summed E-state index contributed by atoms with van der Waals surface area (Å²) in [5.41, 5.74) is 3.27. The van der Waals surface area contributed by atoms with E-state index in [1.54, 1.807) is 0 Å². The first-order chi connectivity index (χ1) is 12.1. The van der Waals surface area contributed by atoms with Gasteiger partial charge < -0.3 is 4.74 Å². The standard InChI is InChI=1S/C21H24NO2P/c1-3-22-11-10-21-16-13-4-5-14(25-23)17(16)24-18(21)19(2)6-8-20(21,9-7-19)15(22)12-13/h4-6,8,15,18H,3,7,9-12H2,1-2H3/t15-,18+,19+,20-,21+/m1/s1. The highest BCUT2D eigenvalue weighted by molar-refractivity contribution is 7.34. The van der Waals surface area contributed by atoms with Gasteiger partial charge in [-0.3, -0.25) is 9.46 Å². The van der Waals surface area contributed by atoms with Crippen LogP contribution in [0.3, 0.4) is 0 Å². The smallest absolute Gasteiger partial charge is 0.196 e. The van der Waals surface area contributed by atoms with Crippen molar-refractivity contribution in [2.24, 2.45) is 10.8 Å². The molecule has 0 radical (unpaired) electrons. The van der Waals surface area contributed by atoms with Crippen molar-refractivity contribution in [2.45, 2.75) is 57.1 Å². The Morgan fingerprint density at radius 3 is 2.88 bits per heavy atom. The van der Waals surface area contributed by atoms with Crippen molar-refractivity contribution >= 4 is 13.8 Å². The second kappa shape index (κ2) is 4.38. The van der Waals surface area contributed by atoms with Crippen LogP contribution in [0.25, 0.3) is 0 Å². The van der Waals surface area contributed by atoms with Gasteiger partial charge in [0.15, 0.2) is 8.46 Å². The van der Waals surface area contributed by atoms with E-state index in [1.165, 1.54) is 30.4 Å². The molecule has 1 saturated carbocycles. The number of nitrogens with zero attached hydrogens (tertiary/aromatic N) is 1. The average Bonchev–Trinajstić information content (AvgIpc) is 2.99. The normalized spacial score (nSPS) is 45.5. The number of benzene rings is 1. The highest BCUT2D eigenvalue weighted by Crippen LogP contribution is 2.73. The zero-order chi connectivity index (χ0) is 17.0. The molecule has 130 valence electrons. The third-order valence-electron chi connectivity index (χ3n) is 8.37. The fraction of sp³-hybridized carbons (Fsp3) is 0.619. The molecule has 0 N–H and O–H groups in total. The van der Waals surface area contributed by atoms with Gasteiger partial charge in [-0.05, 0) is 50.4 Å². The van der Waals surface area contributed by atoms with Crippen molar-refractivity contribution in [1.82, 2.24) is 4.90 Å². The van der Waals surface area contributed by atoms with Crippen LogP contribution >= 0.6 is 8.46 Å². The minimum Gasteiger partial charge on any atom is -0.487 e. The Labute approximate surface area is 150 Å². The summed E-state index contributed by atoms with van der Waals surface area (Å²) >= 11 is 0. The van der Waals surface area contributed by atoms with Gasteiger partial charge in [-0.15, -0.1) is 0 Å². The van der Waals surface area contributed by atoms with E-state index < -0.39 is 0 Å². The lowest BCUT2D eigenvalue weighted by molar-refractivity contribution is -0.143. The Bertz CT molecular complexity index is 851. The van der Waals surface area contributed by atoms with Crippen LogP contribution in [-0.2, 0) is 16.4 Å². The second-order valence-corrected chi connectivity index (χ2v) is 9.65. The first kappa shape index (κ1) is 14.9. The minimum absolute atomic E-state index is 0.0844. The first-order valence-electron chi connectivity index (χ1n) is 9.70. The molecule has 6 aliphatic rings. The van der Waals surface area contributed by atoms with Gasteiger partial charge in [0.2, 0.25) is 0 Å². The van der Waals surface area contributed by atoms with Crippen molar-refractivity contribution in [2.75, 3.05) is 13.1 Å². The Kier molecular flexibility index (Phi) is 2.61. The monoisotopic (exact) mass is 353 g/mol. The maximum atomic E-state index is 11.8. The lowest BCUT2D eigenvalue weighted by Gasteiger charge is -2.69. The van der Waals surface area contributed by atoms with E-state index in [0.29, 0.717) is 6.04 Å². The number of hydrogen-bond acceptors (Lipinski definition) is 3. The summed E-state index contributed by atoms with van der Waals surface area (Å²) in [6.45, 7) is 6.96. The minimum atomic E-state index is 0.0844. The summed E-state index contributed by atoms with van der Waals surface area (Å²) < 4.78 is 18.5. The summed E-state index contributed by atoms with van der Waals surface area (Å²) in [5, 5.41) is 0.844. The zero-order valence-corrected chi connectivity index (χ0v) is 15.8. The van der Waals surface area contributed by atoms with E-state index in [4.69, 9.17) is 4.74 Å². The lowest BCUT2D eigenvalue weighted by atomic mass is 9.37. The molecule has 2 spiro atoms. The Hall–Kier alpha value is -1.18. The molecule has 4 aliphatic carbocycles. The van der Waals surface area contributed by atoms with Crippen molar-refractivity contribution in [3.63, 3.8) is 0 Å². The molecule has 1 aromatic carbocycles. The van der Waals surface area contributed by atoms with Gasteiger partial charge in [0.1, 0.15) is 11.9 Å². The van der Waals surface area contributed by atoms with Crippen LogP contribution in [0.2, 0.25) is 0 Å². The molecule has 4 bridgehead atoms. The number of piperidine rings is 1. The highest BCUT2D eigenvalue weighted by Gasteiger charge is 2.75. The largest absolute Gasteiger partial charge is 0.487 e. The molecular formula is C21H24NO2P. The van der Waals surface area contributed by atoms with Gasteiger partial charge >= 0.3 is 0 Å². The van der Waals surface area contributed by atoms with Gasteiger partial charge in [0.25, 0.3) is 0 Å². The summed E-state index contributed by atoms with van der Waals surface area (Å²) in [4.78, 5) is 2.71. The summed E-state index contributed by atoms with van der Waals surface area (Å²) in [6, 6.07) is 4.84. The molecule has 0 unspecified atom stereocenters. The van der Waals surface area contributed by atoms with Crippen molar-refractivity contribution in [3.8, 4) is 5.75 Å². The van der Waals surface area contributed by atoms with E-state index in [-0.39, 0.29) is 30.8 Å². The van der Waals surface area contributed by atoms with Crippen LogP contribution in [0.4, 0.5) is 0 Å². The van der Waals surface area contributed by atoms with Crippen LogP contribution in [0.1, 0.15) is 44.2 Å². The maximum Gasteiger partial charge on any atom is 0.196 e. The first-order valence-corrected chi connectivity index (χ1v) is 10.5. The molecule has 1 saturated heterocycles. The van der Waals surface area contributed by atoms with E-state index in [0.717, 1.165) is 30.6 Å². The van der Waals surface area contributed by atoms with Crippen LogP contribution in [0.15, 0.2) is 24.3 Å². The third kappa shape index (κ3) is 1.37. The van der Waals surface area contributed by atoms with E-state index >= 15 is 0 Å². The third-order valence-corrected chi connectivity index (χ3v) is 8.92. The van der Waals surface area contributed by atoms with Gasteiger partial charge in [-0.1, -0.05) is 32.1 Å². The van der Waals surface area contributed by atoms with Gasteiger partial charge in [-0.25, -0.2) is 0 Å². The fourth-order valence-corrected chi connectivity index (χ4v) is 7.71. The second-order valence-electron chi connectivity index (χ2n) is 8.99. The number of likely N-dealkylation sites (N-methyl/N-ethyl adjacent to an activating group) is 1. The summed E-state index contributed by atoms with van der Waals surface area (Å²) in [5.74, 6) is 0.962. The predicted molar refractivity (Wildman–Crippen MR) is 98.0 cm³/mol. The molecule has 3 nitrogen and oxygen atoms in total. The van der Waals surface area contributed by atoms with E-state index in [2.05, 4.69) is 37.0 Å². The SMILES string of the molecule is CCN1CC[C@]23c4c5ccc(P=O)c4O[C@H]2[C@@]2(C)C=C[C@@]3(CC2)[C@H]1C5. The molecule has 0 amide bonds. The fourth-order valence-electron chi connectivity index (χ4n) is 7.32. The Morgan fingerprint density at radius 2 is 2.16 bits per heavy atom. The van der Waals surface area contributed by atoms with E-state index in [1.807, 2.05) is 6.07 Å². The van der Waals surface area contributed by atoms with Crippen molar-refractivity contribution < 1.29 is 9.30 Å². The van der Waals surface area contributed by atoms with Crippen LogP contribution in [-0.4, -0.2) is 30.1 Å². The quantitative estimate of drug-likeness (QED) is 0.601. The van der Waals surface area contributed by atoms with Gasteiger partial charge in [0, 0.05) is 27.9 Å². The molecule has 2 aliphatic heterocycles. The van der Waals surface area contributed by atoms with E-state index in [9.17, 15) is 4.57 Å². The molecular weight excluding hydrogens is 329 g/mol. The number of hydrogen-bond donors (Lipinski definition) is 0. The van der Waals surface area contributed by atoms with Crippen LogP contribution in [0.5, 0.6) is 5.75 Å². The molecule has 2 fully saturated rings. The number of fused-ring (bicyclic) bond motifs is 1. The molecule has 4 heteroatoms. The topological polar surface area (TPSA) is 29.5 Å². The summed E-state index contributed by atoms with van der Waals surface area (Å²) in [7, 11) is 0.0844. The molecule has 7 rings (SSSR count). The zero-order valence-electron chi connectivity index (χ0n) is 14.9. The van der Waals surface area contributed by atoms with Gasteiger partial charge in [-0.2, -0.15) is 0 Å². The Balaban J connectivity index is 1.72. The maximum absolute atomic E-state index is 11.8. The summed E-state index contributed by atoms with van der Waals surface area (Å²) in [6.07, 6.45) is 10.0. The van der Waals surface area contributed by atoms with Crippen molar-refractivity contribution in [1.29, 1.82) is 0 Å². The molecule has 0 aromatic heterocycles. The van der Waals surface area contributed by atoms with Gasteiger partial charge in [0.05, 0.1) is 5.30 Å². The van der Waals surface area contributed by atoms with Crippen LogP contribution < -0.4 is 10.0 Å². The molecule has 25 heavy (non-hydrogen) atoms. The Morgan fingerprint density at radius 1 is 1.28 bits per heavy atom. The lowest BCUT2D eigenvalue weighted by Crippen LogP contribution is -2.74. The predicted octanol–water partition coefficient (Wildman–Crippen LogP) is 3.61. The number of likely N-dealkylation sites (tertiary alicyclic amines) is 1. The number of ether oxygens (including phenoxy) is 1. The number of rotatable bonds is 2. The highest BCUT2D eigenvalue weighted by atomic mass is 31.1. The average molecular weight is 353 g/mol. The molecule has 2 heterocycles. The molecule has 5 atom stereocenters.